The monoisotopic (exact) mass is 197 g/mol. The number of rotatable bonds is 3. The van der Waals surface area contributed by atoms with Crippen molar-refractivity contribution in [2.75, 3.05) is 12.7 Å². The molecule has 0 aromatic rings. The molecule has 1 saturated carbocycles. The molecule has 0 spiro atoms. The highest BCUT2D eigenvalue weighted by Crippen LogP contribution is 2.40. The van der Waals surface area contributed by atoms with Gasteiger partial charge >= 0.3 is 0 Å². The summed E-state index contributed by atoms with van der Waals surface area (Å²) in [5.41, 5.74) is 2.09. The highest BCUT2D eigenvalue weighted by molar-refractivity contribution is 7.16. The quantitative estimate of drug-likeness (QED) is 0.522. The zero-order valence-corrected chi connectivity index (χ0v) is 8.42. The third kappa shape index (κ3) is 1.37. The Bertz CT molecular complexity index is 325. The highest BCUT2D eigenvalue weighted by Gasteiger charge is 2.38. The molecule has 0 heterocycles. The zero-order chi connectivity index (χ0) is 9.42. The lowest BCUT2D eigenvalue weighted by molar-refractivity contribution is -0.114. The SMILES string of the molecule is O=C1C(NCCP)=C(O)C1=C1CC1. The van der Waals surface area contributed by atoms with Crippen LogP contribution in [0.3, 0.4) is 0 Å². The fourth-order valence-electron chi connectivity index (χ4n) is 1.40. The largest absolute Gasteiger partial charge is 0.505 e. The summed E-state index contributed by atoms with van der Waals surface area (Å²) in [4.78, 5) is 11.4. The van der Waals surface area contributed by atoms with E-state index in [1.165, 1.54) is 0 Å². The lowest BCUT2D eigenvalue weighted by atomic mass is 9.92. The van der Waals surface area contributed by atoms with Gasteiger partial charge in [-0.05, 0) is 19.0 Å². The first-order chi connectivity index (χ1) is 6.25. The van der Waals surface area contributed by atoms with Crippen LogP contribution in [0.25, 0.3) is 0 Å². The standard InChI is InChI=1S/C9H12NO2P/c11-8-6(5-1-2-5)9(12)7(8)10-3-4-13/h10-11H,1-4,13H2. The first-order valence-electron chi connectivity index (χ1n) is 4.40. The molecule has 1 fully saturated rings. The third-order valence-corrected chi connectivity index (χ3v) is 2.52. The Kier molecular flexibility index (Phi) is 2.12. The average Bonchev–Trinajstić information content (AvgIpc) is 2.90. The molecular weight excluding hydrogens is 185 g/mol. The van der Waals surface area contributed by atoms with Gasteiger partial charge in [-0.1, -0.05) is 5.57 Å². The summed E-state index contributed by atoms with van der Waals surface area (Å²) in [5.74, 6) is 0.166. The smallest absolute Gasteiger partial charge is 0.216 e. The molecule has 4 heteroatoms. The third-order valence-electron chi connectivity index (χ3n) is 2.23. The Morgan fingerprint density at radius 3 is 2.62 bits per heavy atom. The highest BCUT2D eigenvalue weighted by atomic mass is 31.0. The van der Waals surface area contributed by atoms with Crippen LogP contribution in [0.5, 0.6) is 0 Å². The van der Waals surface area contributed by atoms with E-state index in [2.05, 4.69) is 14.6 Å². The number of ketones is 1. The molecule has 70 valence electrons. The molecule has 0 saturated heterocycles. The minimum Gasteiger partial charge on any atom is -0.505 e. The van der Waals surface area contributed by atoms with Gasteiger partial charge in [0.2, 0.25) is 5.78 Å². The molecule has 1 atom stereocenters. The van der Waals surface area contributed by atoms with Crippen LogP contribution in [0.15, 0.2) is 22.6 Å². The van der Waals surface area contributed by atoms with E-state index in [-0.39, 0.29) is 11.5 Å². The van der Waals surface area contributed by atoms with Gasteiger partial charge in [-0.25, -0.2) is 0 Å². The molecule has 2 aliphatic rings. The Hall–Kier alpha value is -0.820. The predicted octanol–water partition coefficient (Wildman–Crippen LogP) is 0.894. The summed E-state index contributed by atoms with van der Waals surface area (Å²) in [7, 11) is 2.56. The van der Waals surface area contributed by atoms with Gasteiger partial charge in [-0.2, -0.15) is 0 Å². The molecule has 0 radical (unpaired) electrons. The second kappa shape index (κ2) is 3.15. The number of carbonyl (C=O) groups excluding carboxylic acids is 1. The number of aliphatic hydroxyl groups excluding tert-OH is 1. The van der Waals surface area contributed by atoms with Gasteiger partial charge in [0, 0.05) is 6.54 Å². The van der Waals surface area contributed by atoms with Gasteiger partial charge in [0.15, 0.2) is 5.76 Å². The minimum absolute atomic E-state index is 0.0107. The Morgan fingerprint density at radius 1 is 1.46 bits per heavy atom. The maximum atomic E-state index is 11.4. The van der Waals surface area contributed by atoms with Crippen molar-refractivity contribution in [3.8, 4) is 0 Å². The van der Waals surface area contributed by atoms with Gasteiger partial charge < -0.3 is 10.4 Å². The molecule has 2 N–H and O–H groups in total. The van der Waals surface area contributed by atoms with Crippen molar-refractivity contribution in [2.24, 2.45) is 0 Å². The van der Waals surface area contributed by atoms with Gasteiger partial charge in [0.05, 0.1) is 5.57 Å². The number of aliphatic hydroxyl groups is 1. The van der Waals surface area contributed by atoms with Crippen molar-refractivity contribution in [3.05, 3.63) is 22.6 Å². The van der Waals surface area contributed by atoms with Crippen molar-refractivity contribution >= 4 is 15.0 Å². The van der Waals surface area contributed by atoms with Gasteiger partial charge in [0.1, 0.15) is 5.70 Å². The van der Waals surface area contributed by atoms with Crippen molar-refractivity contribution in [3.63, 3.8) is 0 Å². The van der Waals surface area contributed by atoms with E-state index in [0.717, 1.165) is 24.6 Å². The molecule has 0 aromatic heterocycles. The molecule has 0 amide bonds. The number of allylic oxidation sites excluding steroid dienone is 3. The topological polar surface area (TPSA) is 49.3 Å². The fraction of sp³-hybridized carbons (Fsp3) is 0.444. The van der Waals surface area contributed by atoms with E-state index in [0.29, 0.717) is 17.8 Å². The molecular formula is C9H12NO2P. The summed E-state index contributed by atoms with van der Waals surface area (Å²) in [6.07, 6.45) is 2.82. The van der Waals surface area contributed by atoms with Crippen LogP contribution in [-0.2, 0) is 4.79 Å². The lowest BCUT2D eigenvalue weighted by Crippen LogP contribution is -2.33. The molecule has 0 bridgehead atoms. The number of hydrogen-bond acceptors (Lipinski definition) is 3. The van der Waals surface area contributed by atoms with Gasteiger partial charge in [-0.3, -0.25) is 4.79 Å². The van der Waals surface area contributed by atoms with Gasteiger partial charge in [0.25, 0.3) is 0 Å². The number of Topliss-reactive ketones (excluding diaryl/α,β-unsaturated/α-hetero) is 1. The van der Waals surface area contributed by atoms with E-state index in [1.54, 1.807) is 0 Å². The molecule has 0 aromatic carbocycles. The molecule has 2 rings (SSSR count). The maximum Gasteiger partial charge on any atom is 0.216 e. The number of nitrogens with one attached hydrogen (secondary N) is 1. The molecule has 1 unspecified atom stereocenters. The summed E-state index contributed by atoms with van der Waals surface area (Å²) in [5, 5.41) is 12.4. The Labute approximate surface area is 79.1 Å². The summed E-state index contributed by atoms with van der Waals surface area (Å²) < 4.78 is 0. The van der Waals surface area contributed by atoms with Crippen molar-refractivity contribution in [1.29, 1.82) is 0 Å². The van der Waals surface area contributed by atoms with Crippen LogP contribution in [0.4, 0.5) is 0 Å². The maximum absolute atomic E-state index is 11.4. The van der Waals surface area contributed by atoms with Crippen LogP contribution in [-0.4, -0.2) is 23.6 Å². The molecule has 13 heavy (non-hydrogen) atoms. The summed E-state index contributed by atoms with van der Waals surface area (Å²) in [6, 6.07) is 0. The molecule has 3 nitrogen and oxygen atoms in total. The first-order valence-corrected chi connectivity index (χ1v) is 5.21. The van der Waals surface area contributed by atoms with E-state index < -0.39 is 0 Å². The Balaban J connectivity index is 2.13. The van der Waals surface area contributed by atoms with Crippen LogP contribution in [0.1, 0.15) is 12.8 Å². The van der Waals surface area contributed by atoms with Crippen LogP contribution < -0.4 is 5.32 Å². The normalized spacial score (nSPS) is 20.5. The second-order valence-electron chi connectivity index (χ2n) is 3.25. The van der Waals surface area contributed by atoms with Crippen LogP contribution in [0, 0.1) is 0 Å². The summed E-state index contributed by atoms with van der Waals surface area (Å²) in [6.45, 7) is 0.707. The number of carbonyl (C=O) groups is 1. The van der Waals surface area contributed by atoms with Crippen molar-refractivity contribution in [1.82, 2.24) is 5.32 Å². The van der Waals surface area contributed by atoms with Crippen molar-refractivity contribution in [2.45, 2.75) is 12.8 Å². The van der Waals surface area contributed by atoms with E-state index in [1.807, 2.05) is 0 Å². The Morgan fingerprint density at radius 2 is 2.15 bits per heavy atom. The van der Waals surface area contributed by atoms with E-state index >= 15 is 0 Å². The van der Waals surface area contributed by atoms with Crippen LogP contribution in [0.2, 0.25) is 0 Å². The fourth-order valence-corrected chi connectivity index (χ4v) is 1.55. The lowest BCUT2D eigenvalue weighted by Gasteiger charge is -2.21. The summed E-state index contributed by atoms with van der Waals surface area (Å²) >= 11 is 0. The average molecular weight is 197 g/mol. The van der Waals surface area contributed by atoms with Gasteiger partial charge in [-0.15, -0.1) is 9.24 Å². The minimum atomic E-state index is -0.0107. The van der Waals surface area contributed by atoms with E-state index in [4.69, 9.17) is 0 Å². The predicted molar refractivity (Wildman–Crippen MR) is 53.5 cm³/mol. The second-order valence-corrected chi connectivity index (χ2v) is 3.82. The molecule has 2 aliphatic carbocycles. The molecule has 0 aliphatic heterocycles. The first kappa shape index (κ1) is 8.76. The van der Waals surface area contributed by atoms with E-state index in [9.17, 15) is 9.90 Å². The number of hydrogen-bond donors (Lipinski definition) is 2. The zero-order valence-electron chi connectivity index (χ0n) is 7.26. The van der Waals surface area contributed by atoms with Crippen LogP contribution >= 0.6 is 9.24 Å². The van der Waals surface area contributed by atoms with Crippen molar-refractivity contribution < 1.29 is 9.90 Å².